The van der Waals surface area contributed by atoms with E-state index in [9.17, 15) is 27.6 Å². The molecule has 9 nitrogen and oxygen atoms in total. The maximum atomic E-state index is 15.0. The normalized spacial score (nSPS) is 16.4. The Morgan fingerprint density at radius 1 is 1.16 bits per heavy atom. The number of pyridine rings is 1. The first-order valence-electron chi connectivity index (χ1n) is 11.5. The molecule has 0 aliphatic carbocycles. The Hall–Kier alpha value is -4.57. The smallest absolute Gasteiger partial charge is 0.327 e. The van der Waals surface area contributed by atoms with Gasteiger partial charge in [0.05, 0.1) is 17.0 Å². The molecule has 38 heavy (non-hydrogen) atoms. The number of hydrogen-bond donors (Lipinski definition) is 1. The summed E-state index contributed by atoms with van der Waals surface area (Å²) in [6.45, 7) is 0.497. The van der Waals surface area contributed by atoms with Gasteiger partial charge in [-0.1, -0.05) is 18.2 Å². The van der Waals surface area contributed by atoms with Crippen LogP contribution < -0.4 is 10.2 Å². The number of ether oxygens (including phenoxy) is 1. The van der Waals surface area contributed by atoms with Crippen LogP contribution in [0, 0.1) is 17.1 Å². The van der Waals surface area contributed by atoms with Crippen LogP contribution in [-0.4, -0.2) is 63.9 Å². The molecule has 0 spiro atoms. The molecular weight excluding hydrogens is 506 g/mol. The molecule has 4 heterocycles. The molecular formula is C25H19F4N7O2. The summed E-state index contributed by atoms with van der Waals surface area (Å²) < 4.78 is 59.3. The van der Waals surface area contributed by atoms with Crippen LogP contribution in [0.15, 0.2) is 55.1 Å². The van der Waals surface area contributed by atoms with Crippen LogP contribution in [0.1, 0.15) is 5.56 Å². The number of nitrogens with one attached hydrogen (secondary N) is 1. The number of benzene rings is 1. The lowest BCUT2D eigenvalue weighted by Crippen LogP contribution is -2.55. The van der Waals surface area contributed by atoms with Crippen LogP contribution in [0.2, 0.25) is 0 Å². The molecule has 3 aromatic heterocycles. The first kappa shape index (κ1) is 25.1. The summed E-state index contributed by atoms with van der Waals surface area (Å²) in [7, 11) is 0. The van der Waals surface area contributed by atoms with Crippen molar-refractivity contribution >= 4 is 22.8 Å². The van der Waals surface area contributed by atoms with E-state index in [1.807, 2.05) is 0 Å². The summed E-state index contributed by atoms with van der Waals surface area (Å²) in [5.74, 6) is -0.961. The lowest BCUT2D eigenvalue weighted by molar-refractivity contribution is -0.176. The van der Waals surface area contributed by atoms with E-state index < -0.39 is 30.6 Å². The Morgan fingerprint density at radius 3 is 2.74 bits per heavy atom. The standard InChI is InChI=1S/C25H19F4N7O2/c26-17-4-2-1-3-15(17)16-11-36(19-9-14(10-30)5-6-32-19)24-20(16)23(33-13-34-24)35-8-7-31-18(12-35)25(37)38-22(29)21(27)28/h1-6,9,11,13,18,21-22,31H,7-8,12H2. The Morgan fingerprint density at radius 2 is 1.97 bits per heavy atom. The average molecular weight is 525 g/mol. The number of carbonyl (C=O) groups excluding carboxylic acids is 1. The third-order valence-electron chi connectivity index (χ3n) is 6.03. The van der Waals surface area contributed by atoms with E-state index in [-0.39, 0.29) is 18.7 Å². The number of esters is 1. The van der Waals surface area contributed by atoms with E-state index in [1.54, 1.807) is 46.0 Å². The van der Waals surface area contributed by atoms with Gasteiger partial charge in [-0.25, -0.2) is 28.1 Å². The highest BCUT2D eigenvalue weighted by molar-refractivity contribution is 6.02. The highest BCUT2D eigenvalue weighted by Crippen LogP contribution is 2.37. The Kier molecular flexibility index (Phi) is 6.89. The second-order valence-corrected chi connectivity index (χ2v) is 8.38. The molecule has 1 saturated heterocycles. The number of alkyl halides is 3. The molecule has 0 bridgehead atoms. The summed E-state index contributed by atoms with van der Waals surface area (Å²) in [4.78, 5) is 27.2. The van der Waals surface area contributed by atoms with Gasteiger partial charge in [0.2, 0.25) is 0 Å². The van der Waals surface area contributed by atoms with Gasteiger partial charge in [0.15, 0.2) is 5.65 Å². The van der Waals surface area contributed by atoms with Crippen LogP contribution in [-0.2, 0) is 9.53 Å². The zero-order chi connectivity index (χ0) is 26.8. The van der Waals surface area contributed by atoms with E-state index >= 15 is 0 Å². The predicted molar refractivity (Wildman–Crippen MR) is 128 cm³/mol. The van der Waals surface area contributed by atoms with E-state index in [0.29, 0.717) is 40.3 Å². The first-order chi connectivity index (χ1) is 18.4. The molecule has 1 aliphatic rings. The topological polar surface area (TPSA) is 109 Å². The largest absolute Gasteiger partial charge is 0.424 e. The Bertz CT molecular complexity index is 1540. The minimum atomic E-state index is -3.46. The van der Waals surface area contributed by atoms with Gasteiger partial charge in [-0.3, -0.25) is 9.36 Å². The number of halogens is 4. The number of fused-ring (bicyclic) bond motifs is 1. The van der Waals surface area contributed by atoms with E-state index in [2.05, 4.69) is 31.1 Å². The summed E-state index contributed by atoms with van der Waals surface area (Å²) in [5, 5.41) is 12.6. The van der Waals surface area contributed by atoms with Crippen LogP contribution in [0.3, 0.4) is 0 Å². The van der Waals surface area contributed by atoms with Crippen LogP contribution in [0.5, 0.6) is 0 Å². The Balaban J connectivity index is 1.62. The number of nitriles is 1. The number of nitrogens with zero attached hydrogens (tertiary/aromatic N) is 6. The maximum absolute atomic E-state index is 15.0. The molecule has 1 fully saturated rings. The molecule has 0 amide bonds. The minimum Gasteiger partial charge on any atom is -0.424 e. The summed E-state index contributed by atoms with van der Waals surface area (Å²) >= 11 is 0. The van der Waals surface area contributed by atoms with E-state index in [1.165, 1.54) is 18.6 Å². The molecule has 0 radical (unpaired) electrons. The number of hydrogen-bond acceptors (Lipinski definition) is 8. The molecule has 0 saturated carbocycles. The molecule has 194 valence electrons. The highest BCUT2D eigenvalue weighted by Gasteiger charge is 2.33. The highest BCUT2D eigenvalue weighted by atomic mass is 19.3. The van der Waals surface area contributed by atoms with Gasteiger partial charge >= 0.3 is 18.8 Å². The van der Waals surface area contributed by atoms with Crippen molar-refractivity contribution < 1.29 is 27.1 Å². The van der Waals surface area contributed by atoms with Crippen molar-refractivity contribution in [3.05, 3.63) is 66.5 Å². The summed E-state index contributed by atoms with van der Waals surface area (Å²) in [6.07, 6.45) is -2.11. The zero-order valence-electron chi connectivity index (χ0n) is 19.6. The van der Waals surface area contributed by atoms with Crippen molar-refractivity contribution in [2.45, 2.75) is 18.8 Å². The SMILES string of the molecule is N#Cc1ccnc(-n2cc(-c3ccccc3F)c3c(N4CCNC(C(=O)OC(F)C(F)F)C4)ncnc32)c1. The summed E-state index contributed by atoms with van der Waals surface area (Å²) in [6, 6.07) is 10.2. The average Bonchev–Trinajstić information content (AvgIpc) is 3.33. The second-order valence-electron chi connectivity index (χ2n) is 8.38. The molecule has 1 aromatic carbocycles. The quantitative estimate of drug-likeness (QED) is 0.302. The zero-order valence-corrected chi connectivity index (χ0v) is 19.6. The third-order valence-corrected chi connectivity index (χ3v) is 6.03. The van der Waals surface area contributed by atoms with Crippen molar-refractivity contribution in [1.82, 2.24) is 24.8 Å². The van der Waals surface area contributed by atoms with Crippen LogP contribution in [0.25, 0.3) is 28.0 Å². The summed E-state index contributed by atoms with van der Waals surface area (Å²) in [5.41, 5.74) is 1.40. The van der Waals surface area contributed by atoms with Gasteiger partial charge in [-0.05, 0) is 18.2 Å². The number of carbonyl (C=O) groups is 1. The van der Waals surface area contributed by atoms with Gasteiger partial charge in [0.1, 0.15) is 29.8 Å². The molecule has 5 rings (SSSR count). The van der Waals surface area contributed by atoms with Crippen molar-refractivity contribution in [2.24, 2.45) is 0 Å². The third kappa shape index (κ3) is 4.73. The Labute approximate surface area is 213 Å². The van der Waals surface area contributed by atoms with Gasteiger partial charge < -0.3 is 15.0 Å². The van der Waals surface area contributed by atoms with E-state index in [0.717, 1.165) is 0 Å². The molecule has 2 atom stereocenters. The van der Waals surface area contributed by atoms with Crippen molar-refractivity contribution in [1.29, 1.82) is 5.26 Å². The van der Waals surface area contributed by atoms with Gasteiger partial charge in [0.25, 0.3) is 0 Å². The molecule has 1 N–H and O–H groups in total. The molecule has 13 heteroatoms. The monoisotopic (exact) mass is 525 g/mol. The number of aromatic nitrogens is 4. The van der Waals surface area contributed by atoms with Crippen molar-refractivity contribution in [2.75, 3.05) is 24.5 Å². The fourth-order valence-corrected chi connectivity index (χ4v) is 4.31. The number of rotatable bonds is 6. The second kappa shape index (κ2) is 10.4. The predicted octanol–water partition coefficient (Wildman–Crippen LogP) is 3.38. The van der Waals surface area contributed by atoms with Crippen LogP contribution in [0.4, 0.5) is 23.4 Å². The molecule has 4 aromatic rings. The fourth-order valence-electron chi connectivity index (χ4n) is 4.31. The maximum Gasteiger partial charge on any atom is 0.327 e. The van der Waals surface area contributed by atoms with E-state index in [4.69, 9.17) is 0 Å². The van der Waals surface area contributed by atoms with Gasteiger partial charge in [0, 0.05) is 43.2 Å². The number of piperazine rings is 1. The lowest BCUT2D eigenvalue weighted by Gasteiger charge is -2.33. The van der Waals surface area contributed by atoms with Crippen molar-refractivity contribution in [3.8, 4) is 23.0 Å². The molecule has 1 aliphatic heterocycles. The van der Waals surface area contributed by atoms with Gasteiger partial charge in [-0.2, -0.15) is 9.65 Å². The molecule has 2 unspecified atom stereocenters. The first-order valence-corrected chi connectivity index (χ1v) is 11.5. The minimum absolute atomic E-state index is 0.0784. The van der Waals surface area contributed by atoms with Crippen LogP contribution >= 0.6 is 0 Å². The number of anilines is 1. The van der Waals surface area contributed by atoms with Gasteiger partial charge in [-0.15, -0.1) is 0 Å². The fraction of sp³-hybridized carbons (Fsp3) is 0.240. The lowest BCUT2D eigenvalue weighted by atomic mass is 10.0. The van der Waals surface area contributed by atoms with Crippen molar-refractivity contribution in [3.63, 3.8) is 0 Å².